The van der Waals surface area contributed by atoms with Gasteiger partial charge in [-0.1, -0.05) is 58.7 Å². The Labute approximate surface area is 144 Å². The van der Waals surface area contributed by atoms with E-state index in [4.69, 9.17) is 16.1 Å². The molecule has 0 radical (unpaired) electrons. The van der Waals surface area contributed by atoms with E-state index in [-0.39, 0.29) is 5.91 Å². The number of hydrogen-bond donors (Lipinski definition) is 1. The zero-order valence-electron chi connectivity index (χ0n) is 13.1. The third kappa shape index (κ3) is 3.81. The minimum absolute atomic E-state index is 0.223. The third-order valence-corrected chi connectivity index (χ3v) is 3.85. The maximum atomic E-state index is 12.1. The second-order valence-electron chi connectivity index (χ2n) is 5.36. The molecule has 0 aliphatic rings. The van der Waals surface area contributed by atoms with Crippen LogP contribution in [0.1, 0.15) is 21.8 Å². The smallest absolute Gasteiger partial charge is 0.252 e. The molecule has 6 heteroatoms. The molecule has 0 unspecified atom stereocenters. The van der Waals surface area contributed by atoms with Crippen molar-refractivity contribution >= 4 is 17.5 Å². The number of halogens is 1. The van der Waals surface area contributed by atoms with E-state index in [0.29, 0.717) is 35.3 Å². The number of hydrogen-bond acceptors (Lipinski definition) is 4. The molecule has 1 N–H and O–H groups in total. The van der Waals surface area contributed by atoms with E-state index < -0.39 is 0 Å². The van der Waals surface area contributed by atoms with Crippen LogP contribution in [-0.4, -0.2) is 22.6 Å². The van der Waals surface area contributed by atoms with E-state index in [1.807, 2.05) is 31.2 Å². The van der Waals surface area contributed by atoms with Gasteiger partial charge in [-0.25, -0.2) is 0 Å². The molecule has 1 aromatic heterocycles. The van der Waals surface area contributed by atoms with Crippen molar-refractivity contribution in [3.63, 3.8) is 0 Å². The standard InChI is InChI=1S/C18H16ClN3O2/c1-12-6-8-13(9-7-12)17-21-16(24-22-17)10-11-20-18(23)14-4-2-3-5-15(14)19/h2-9H,10-11H2,1H3,(H,20,23). The molecule has 5 nitrogen and oxygen atoms in total. The van der Waals surface area contributed by atoms with Crippen molar-refractivity contribution in [3.05, 3.63) is 70.6 Å². The highest BCUT2D eigenvalue weighted by atomic mass is 35.5. The summed E-state index contributed by atoms with van der Waals surface area (Å²) in [5.74, 6) is 0.798. The van der Waals surface area contributed by atoms with E-state index in [9.17, 15) is 4.79 Å². The zero-order chi connectivity index (χ0) is 16.9. The normalized spacial score (nSPS) is 10.6. The fourth-order valence-corrected chi connectivity index (χ4v) is 2.42. The highest BCUT2D eigenvalue weighted by Gasteiger charge is 2.11. The van der Waals surface area contributed by atoms with Gasteiger partial charge in [-0.15, -0.1) is 0 Å². The molecule has 0 saturated heterocycles. The lowest BCUT2D eigenvalue weighted by Gasteiger charge is -2.04. The van der Waals surface area contributed by atoms with Crippen molar-refractivity contribution in [2.75, 3.05) is 6.54 Å². The van der Waals surface area contributed by atoms with Crippen LogP contribution in [0.3, 0.4) is 0 Å². The molecule has 3 aromatic rings. The molecule has 3 rings (SSSR count). The van der Waals surface area contributed by atoms with Crippen molar-refractivity contribution in [1.82, 2.24) is 15.5 Å². The van der Waals surface area contributed by atoms with Crippen molar-refractivity contribution < 1.29 is 9.32 Å². The highest BCUT2D eigenvalue weighted by molar-refractivity contribution is 6.33. The highest BCUT2D eigenvalue weighted by Crippen LogP contribution is 2.17. The average molecular weight is 342 g/mol. The summed E-state index contributed by atoms with van der Waals surface area (Å²) in [5.41, 5.74) is 2.52. The van der Waals surface area contributed by atoms with Gasteiger partial charge in [0.1, 0.15) is 0 Å². The van der Waals surface area contributed by atoms with Crippen molar-refractivity contribution in [2.24, 2.45) is 0 Å². The summed E-state index contributed by atoms with van der Waals surface area (Å²) in [4.78, 5) is 16.4. The number of nitrogens with one attached hydrogen (secondary N) is 1. The molecule has 0 aliphatic heterocycles. The van der Waals surface area contributed by atoms with Crippen LogP contribution in [0, 0.1) is 6.92 Å². The predicted molar refractivity (Wildman–Crippen MR) is 92.0 cm³/mol. The van der Waals surface area contributed by atoms with Crippen molar-refractivity contribution in [1.29, 1.82) is 0 Å². The number of carbonyl (C=O) groups excluding carboxylic acids is 1. The Morgan fingerprint density at radius 2 is 1.92 bits per heavy atom. The van der Waals surface area contributed by atoms with Gasteiger partial charge in [0, 0.05) is 18.5 Å². The van der Waals surface area contributed by atoms with Gasteiger partial charge in [0.05, 0.1) is 10.6 Å². The van der Waals surface area contributed by atoms with E-state index in [1.54, 1.807) is 24.3 Å². The fraction of sp³-hybridized carbons (Fsp3) is 0.167. The molecule has 0 atom stereocenters. The summed E-state index contributed by atoms with van der Waals surface area (Å²) in [5, 5.41) is 7.19. The lowest BCUT2D eigenvalue weighted by molar-refractivity contribution is 0.0953. The molecule has 0 spiro atoms. The van der Waals surface area contributed by atoms with E-state index >= 15 is 0 Å². The summed E-state index contributed by atoms with van der Waals surface area (Å²) in [6, 6.07) is 14.8. The van der Waals surface area contributed by atoms with Gasteiger partial charge >= 0.3 is 0 Å². The van der Waals surface area contributed by atoms with Crippen LogP contribution < -0.4 is 5.32 Å². The predicted octanol–water partition coefficient (Wildman–Crippen LogP) is 3.67. The Kier molecular flexibility index (Phi) is 4.91. The van der Waals surface area contributed by atoms with E-state index in [0.717, 1.165) is 5.56 Å². The van der Waals surface area contributed by atoms with Crippen molar-refractivity contribution in [3.8, 4) is 11.4 Å². The Balaban J connectivity index is 1.57. The van der Waals surface area contributed by atoms with Crippen LogP contribution in [0.25, 0.3) is 11.4 Å². The molecule has 24 heavy (non-hydrogen) atoms. The van der Waals surface area contributed by atoms with Crippen molar-refractivity contribution in [2.45, 2.75) is 13.3 Å². The van der Waals surface area contributed by atoms with Gasteiger partial charge in [-0.3, -0.25) is 4.79 Å². The van der Waals surface area contributed by atoms with Crippen LogP contribution in [0.15, 0.2) is 53.1 Å². The van der Waals surface area contributed by atoms with Crippen LogP contribution in [0.5, 0.6) is 0 Å². The van der Waals surface area contributed by atoms with Gasteiger partial charge < -0.3 is 9.84 Å². The average Bonchev–Trinajstić information content (AvgIpc) is 3.04. The SMILES string of the molecule is Cc1ccc(-c2noc(CCNC(=O)c3ccccc3Cl)n2)cc1. The molecule has 1 heterocycles. The first-order valence-corrected chi connectivity index (χ1v) is 7.93. The van der Waals surface area contributed by atoms with Gasteiger partial charge in [-0.05, 0) is 19.1 Å². The summed E-state index contributed by atoms with van der Waals surface area (Å²) in [6.07, 6.45) is 0.453. The first-order valence-electron chi connectivity index (χ1n) is 7.56. The minimum Gasteiger partial charge on any atom is -0.351 e. The van der Waals surface area contributed by atoms with Crippen LogP contribution in [0.4, 0.5) is 0 Å². The number of amides is 1. The number of nitrogens with zero attached hydrogens (tertiary/aromatic N) is 2. The number of carbonyl (C=O) groups is 1. The Morgan fingerprint density at radius 3 is 2.67 bits per heavy atom. The minimum atomic E-state index is -0.223. The quantitative estimate of drug-likeness (QED) is 0.768. The Hall–Kier alpha value is -2.66. The molecule has 1 amide bonds. The third-order valence-electron chi connectivity index (χ3n) is 3.52. The fourth-order valence-electron chi connectivity index (χ4n) is 2.20. The summed E-state index contributed by atoms with van der Waals surface area (Å²) in [6.45, 7) is 2.41. The van der Waals surface area contributed by atoms with Crippen LogP contribution >= 0.6 is 11.6 Å². The molecule has 0 fully saturated rings. The van der Waals surface area contributed by atoms with Crippen LogP contribution in [0.2, 0.25) is 5.02 Å². The summed E-state index contributed by atoms with van der Waals surface area (Å²) >= 11 is 6.00. The van der Waals surface area contributed by atoms with Gasteiger partial charge in [0.25, 0.3) is 5.91 Å². The topological polar surface area (TPSA) is 68.0 Å². The zero-order valence-corrected chi connectivity index (χ0v) is 13.9. The van der Waals surface area contributed by atoms with E-state index in [1.165, 1.54) is 5.56 Å². The molecular formula is C18H16ClN3O2. The molecular weight excluding hydrogens is 326 g/mol. The number of aromatic nitrogens is 2. The second-order valence-corrected chi connectivity index (χ2v) is 5.77. The monoisotopic (exact) mass is 341 g/mol. The first-order chi connectivity index (χ1) is 11.6. The molecule has 2 aromatic carbocycles. The molecule has 122 valence electrons. The van der Waals surface area contributed by atoms with Gasteiger partial charge in [0.15, 0.2) is 0 Å². The lowest BCUT2D eigenvalue weighted by Crippen LogP contribution is -2.26. The molecule has 0 saturated carbocycles. The second kappa shape index (κ2) is 7.27. The number of rotatable bonds is 5. The molecule has 0 bridgehead atoms. The van der Waals surface area contributed by atoms with Crippen LogP contribution in [-0.2, 0) is 6.42 Å². The Morgan fingerprint density at radius 1 is 1.17 bits per heavy atom. The maximum Gasteiger partial charge on any atom is 0.252 e. The summed E-state index contributed by atoms with van der Waals surface area (Å²) in [7, 11) is 0. The maximum absolute atomic E-state index is 12.1. The largest absolute Gasteiger partial charge is 0.351 e. The first kappa shape index (κ1) is 16.2. The van der Waals surface area contributed by atoms with Gasteiger partial charge in [0.2, 0.25) is 11.7 Å². The number of benzene rings is 2. The Bertz CT molecular complexity index is 843. The molecule has 0 aliphatic carbocycles. The van der Waals surface area contributed by atoms with E-state index in [2.05, 4.69) is 15.5 Å². The van der Waals surface area contributed by atoms with Gasteiger partial charge in [-0.2, -0.15) is 4.98 Å². The summed E-state index contributed by atoms with van der Waals surface area (Å²) < 4.78 is 5.22. The number of aryl methyl sites for hydroxylation is 1. The lowest BCUT2D eigenvalue weighted by atomic mass is 10.1.